The molecule has 19 heavy (non-hydrogen) atoms. The fourth-order valence-electron chi connectivity index (χ4n) is 2.93. The van der Waals surface area contributed by atoms with Crippen LogP contribution in [0.3, 0.4) is 0 Å². The third-order valence-electron chi connectivity index (χ3n) is 4.06. The zero-order valence-corrected chi connectivity index (χ0v) is 11.8. The lowest BCUT2D eigenvalue weighted by Gasteiger charge is -2.37. The molecule has 1 aliphatic rings. The van der Waals surface area contributed by atoms with Crippen LogP contribution in [0.1, 0.15) is 32.1 Å². The molecule has 0 atom stereocenters. The molecule has 0 bridgehead atoms. The Labute approximate surface area is 119 Å². The van der Waals surface area contributed by atoms with Crippen LogP contribution in [0, 0.1) is 0 Å². The van der Waals surface area contributed by atoms with Gasteiger partial charge in [0.25, 0.3) is 0 Å². The van der Waals surface area contributed by atoms with E-state index in [1.165, 1.54) is 24.6 Å². The van der Waals surface area contributed by atoms with Crippen molar-refractivity contribution in [2.45, 2.75) is 37.6 Å². The fourth-order valence-corrected chi connectivity index (χ4v) is 3.26. The molecule has 1 aromatic heterocycles. The van der Waals surface area contributed by atoms with Gasteiger partial charge >= 0.3 is 0 Å². The van der Waals surface area contributed by atoms with E-state index in [4.69, 9.17) is 16.6 Å². The Morgan fingerprint density at radius 2 is 1.84 bits per heavy atom. The van der Waals surface area contributed by atoms with Gasteiger partial charge in [0, 0.05) is 11.3 Å². The SMILES string of the molecule is ClCC1(Nc2ccc3ccccc3n2)CCCCC1. The Kier molecular flexibility index (Phi) is 3.61. The molecule has 100 valence electrons. The van der Waals surface area contributed by atoms with Crippen LogP contribution in [-0.2, 0) is 0 Å². The first-order valence-corrected chi connectivity index (χ1v) is 7.55. The number of alkyl halides is 1. The second-order valence-corrected chi connectivity index (χ2v) is 5.76. The van der Waals surface area contributed by atoms with Gasteiger partial charge in [-0.2, -0.15) is 0 Å². The minimum atomic E-state index is 0.0370. The maximum Gasteiger partial charge on any atom is 0.127 e. The molecular weight excluding hydrogens is 256 g/mol. The number of anilines is 1. The Morgan fingerprint density at radius 1 is 1.05 bits per heavy atom. The Morgan fingerprint density at radius 3 is 2.63 bits per heavy atom. The molecule has 1 fully saturated rings. The molecule has 1 N–H and O–H groups in total. The van der Waals surface area contributed by atoms with Crippen molar-refractivity contribution in [2.24, 2.45) is 0 Å². The van der Waals surface area contributed by atoms with Gasteiger partial charge in [-0.3, -0.25) is 0 Å². The number of rotatable bonds is 3. The summed E-state index contributed by atoms with van der Waals surface area (Å²) in [6.07, 6.45) is 6.13. The van der Waals surface area contributed by atoms with Crippen LogP contribution in [0.4, 0.5) is 5.82 Å². The Bertz CT molecular complexity index is 561. The van der Waals surface area contributed by atoms with Crippen molar-refractivity contribution < 1.29 is 0 Å². The minimum Gasteiger partial charge on any atom is -0.363 e. The van der Waals surface area contributed by atoms with E-state index in [-0.39, 0.29) is 5.54 Å². The van der Waals surface area contributed by atoms with Gasteiger partial charge in [0.1, 0.15) is 5.82 Å². The van der Waals surface area contributed by atoms with E-state index < -0.39 is 0 Å². The molecule has 0 saturated heterocycles. The molecule has 0 aliphatic heterocycles. The van der Waals surface area contributed by atoms with E-state index >= 15 is 0 Å². The first-order valence-electron chi connectivity index (χ1n) is 7.01. The third-order valence-corrected chi connectivity index (χ3v) is 4.57. The molecule has 0 amide bonds. The summed E-state index contributed by atoms with van der Waals surface area (Å²) < 4.78 is 0. The van der Waals surface area contributed by atoms with Crippen LogP contribution in [0.2, 0.25) is 0 Å². The summed E-state index contributed by atoms with van der Waals surface area (Å²) in [4.78, 5) is 4.69. The predicted molar refractivity (Wildman–Crippen MR) is 81.9 cm³/mol. The fraction of sp³-hybridized carbons (Fsp3) is 0.438. The maximum atomic E-state index is 6.21. The van der Waals surface area contributed by atoms with E-state index in [0.717, 1.165) is 24.2 Å². The number of halogens is 1. The topological polar surface area (TPSA) is 24.9 Å². The van der Waals surface area contributed by atoms with Crippen LogP contribution in [0.5, 0.6) is 0 Å². The lowest BCUT2D eigenvalue weighted by atomic mass is 9.83. The van der Waals surface area contributed by atoms with Gasteiger partial charge in [-0.1, -0.05) is 37.5 Å². The van der Waals surface area contributed by atoms with Gasteiger partial charge in [-0.15, -0.1) is 11.6 Å². The minimum absolute atomic E-state index is 0.0370. The van der Waals surface area contributed by atoms with Crippen molar-refractivity contribution in [2.75, 3.05) is 11.2 Å². The second kappa shape index (κ2) is 5.38. The van der Waals surface area contributed by atoms with Crippen LogP contribution in [-0.4, -0.2) is 16.4 Å². The number of aromatic nitrogens is 1. The molecule has 3 rings (SSSR count). The van der Waals surface area contributed by atoms with E-state index in [0.29, 0.717) is 5.88 Å². The Balaban J connectivity index is 1.87. The quantitative estimate of drug-likeness (QED) is 0.828. The first-order chi connectivity index (χ1) is 9.31. The largest absolute Gasteiger partial charge is 0.363 e. The van der Waals surface area contributed by atoms with Crippen LogP contribution < -0.4 is 5.32 Å². The number of fused-ring (bicyclic) bond motifs is 1. The zero-order valence-electron chi connectivity index (χ0n) is 11.0. The highest BCUT2D eigenvalue weighted by atomic mass is 35.5. The molecule has 1 saturated carbocycles. The van der Waals surface area contributed by atoms with Crippen LogP contribution in [0.25, 0.3) is 10.9 Å². The van der Waals surface area contributed by atoms with E-state index in [9.17, 15) is 0 Å². The normalized spacial score (nSPS) is 18.4. The van der Waals surface area contributed by atoms with Gasteiger partial charge < -0.3 is 5.32 Å². The summed E-state index contributed by atoms with van der Waals surface area (Å²) in [7, 11) is 0. The molecule has 0 spiro atoms. The van der Waals surface area contributed by atoms with Gasteiger partial charge in [0.05, 0.1) is 11.1 Å². The highest BCUT2D eigenvalue weighted by molar-refractivity contribution is 6.18. The van der Waals surface area contributed by atoms with Crippen molar-refractivity contribution in [1.82, 2.24) is 4.98 Å². The van der Waals surface area contributed by atoms with Gasteiger partial charge in [-0.05, 0) is 31.0 Å². The van der Waals surface area contributed by atoms with E-state index in [1.54, 1.807) is 0 Å². The van der Waals surface area contributed by atoms with Gasteiger partial charge in [-0.25, -0.2) is 4.98 Å². The number of hydrogen-bond donors (Lipinski definition) is 1. The van der Waals surface area contributed by atoms with Crippen molar-refractivity contribution in [1.29, 1.82) is 0 Å². The van der Waals surface area contributed by atoms with Crippen molar-refractivity contribution in [3.8, 4) is 0 Å². The molecular formula is C16H19ClN2. The summed E-state index contributed by atoms with van der Waals surface area (Å²) in [6.45, 7) is 0. The summed E-state index contributed by atoms with van der Waals surface area (Å²) in [5.41, 5.74) is 1.07. The van der Waals surface area contributed by atoms with Crippen molar-refractivity contribution in [3.63, 3.8) is 0 Å². The monoisotopic (exact) mass is 274 g/mol. The van der Waals surface area contributed by atoms with Gasteiger partial charge in [0.15, 0.2) is 0 Å². The van der Waals surface area contributed by atoms with E-state index in [2.05, 4.69) is 29.6 Å². The third kappa shape index (κ3) is 2.69. The summed E-state index contributed by atoms with van der Waals surface area (Å²) in [5, 5.41) is 4.77. The molecule has 2 aromatic rings. The second-order valence-electron chi connectivity index (χ2n) is 5.49. The number of nitrogens with zero attached hydrogens (tertiary/aromatic N) is 1. The predicted octanol–water partition coefficient (Wildman–Crippen LogP) is 4.59. The molecule has 1 heterocycles. The number of nitrogens with one attached hydrogen (secondary N) is 1. The average Bonchev–Trinajstić information content (AvgIpc) is 2.48. The maximum absolute atomic E-state index is 6.21. The number of pyridine rings is 1. The lowest BCUT2D eigenvalue weighted by molar-refractivity contribution is 0.352. The zero-order chi connectivity index (χ0) is 13.1. The molecule has 1 aromatic carbocycles. The van der Waals surface area contributed by atoms with Crippen molar-refractivity contribution >= 4 is 28.3 Å². The molecule has 2 nitrogen and oxygen atoms in total. The summed E-state index contributed by atoms with van der Waals surface area (Å²) in [5.74, 6) is 1.60. The molecule has 1 aliphatic carbocycles. The molecule has 3 heteroatoms. The summed E-state index contributed by atoms with van der Waals surface area (Å²) >= 11 is 6.21. The number of hydrogen-bond acceptors (Lipinski definition) is 2. The van der Waals surface area contributed by atoms with Crippen LogP contribution in [0.15, 0.2) is 36.4 Å². The highest BCUT2D eigenvalue weighted by Crippen LogP contribution is 2.32. The van der Waals surface area contributed by atoms with Crippen LogP contribution >= 0.6 is 11.6 Å². The van der Waals surface area contributed by atoms with Crippen molar-refractivity contribution in [3.05, 3.63) is 36.4 Å². The number of benzene rings is 1. The van der Waals surface area contributed by atoms with E-state index in [1.807, 2.05) is 12.1 Å². The standard InChI is InChI=1S/C16H19ClN2/c17-12-16(10-4-1-5-11-16)19-15-9-8-13-6-2-3-7-14(13)18-15/h2-3,6-9H,1,4-5,10-12H2,(H,18,19). The average molecular weight is 275 g/mol. The molecule has 0 unspecified atom stereocenters. The number of para-hydroxylation sites is 1. The Hall–Kier alpha value is -1.28. The molecule has 0 radical (unpaired) electrons. The lowest BCUT2D eigenvalue weighted by Crippen LogP contribution is -2.42. The first kappa shape index (κ1) is 12.7. The smallest absolute Gasteiger partial charge is 0.127 e. The highest BCUT2D eigenvalue weighted by Gasteiger charge is 2.31. The van der Waals surface area contributed by atoms with Gasteiger partial charge in [0.2, 0.25) is 0 Å². The summed E-state index contributed by atoms with van der Waals surface area (Å²) in [6, 6.07) is 12.4.